The van der Waals surface area contributed by atoms with E-state index in [0.717, 1.165) is 26.3 Å². The first kappa shape index (κ1) is 22.0. The number of thiocarbonyl (C=S) groups is 1. The molecule has 1 fully saturated rings. The van der Waals surface area contributed by atoms with E-state index < -0.39 is 10.0 Å². The average molecular weight is 540 g/mol. The molecule has 1 aliphatic rings. The van der Waals surface area contributed by atoms with Gasteiger partial charge in [0.15, 0.2) is 5.11 Å². The molecule has 162 valence electrons. The minimum atomic E-state index is -3.49. The SMILES string of the molecule is COc1ccc(N2C(=S)NC(c3ccccn3)C2c2ccc(Br)s2)cc1NS(C)(=O)=O. The molecular weight excluding hydrogens is 520 g/mol. The van der Waals surface area contributed by atoms with Crippen molar-refractivity contribution in [2.75, 3.05) is 23.0 Å². The summed E-state index contributed by atoms with van der Waals surface area (Å²) in [7, 11) is -2.00. The Labute approximate surface area is 198 Å². The number of sulfonamides is 1. The fourth-order valence-electron chi connectivity index (χ4n) is 3.53. The van der Waals surface area contributed by atoms with Crippen LogP contribution in [0.2, 0.25) is 0 Å². The molecule has 11 heteroatoms. The largest absolute Gasteiger partial charge is 0.495 e. The lowest BCUT2D eigenvalue weighted by atomic mass is 10.0. The monoisotopic (exact) mass is 538 g/mol. The molecule has 2 N–H and O–H groups in total. The van der Waals surface area contributed by atoms with Gasteiger partial charge in [0, 0.05) is 16.8 Å². The number of nitrogens with one attached hydrogen (secondary N) is 2. The van der Waals surface area contributed by atoms with Crippen LogP contribution >= 0.6 is 39.5 Å². The first-order chi connectivity index (χ1) is 14.8. The number of methoxy groups -OCH3 is 1. The summed E-state index contributed by atoms with van der Waals surface area (Å²) in [5.41, 5.74) is 1.94. The van der Waals surface area contributed by atoms with Gasteiger partial charge in [-0.15, -0.1) is 11.3 Å². The van der Waals surface area contributed by atoms with E-state index in [1.165, 1.54) is 7.11 Å². The molecular formula is C20H19BrN4O3S3. The predicted octanol–water partition coefficient (Wildman–Crippen LogP) is 4.46. The highest BCUT2D eigenvalue weighted by Gasteiger charge is 2.41. The molecule has 1 aliphatic heterocycles. The normalized spacial score (nSPS) is 18.7. The zero-order valence-corrected chi connectivity index (χ0v) is 20.6. The summed E-state index contributed by atoms with van der Waals surface area (Å²) < 4.78 is 32.6. The summed E-state index contributed by atoms with van der Waals surface area (Å²) in [6.07, 6.45) is 2.86. The van der Waals surface area contributed by atoms with E-state index in [2.05, 4.69) is 37.0 Å². The summed E-state index contributed by atoms with van der Waals surface area (Å²) >= 11 is 10.9. The number of hydrogen-bond donors (Lipinski definition) is 2. The van der Waals surface area contributed by atoms with Gasteiger partial charge in [-0.1, -0.05) is 6.07 Å². The molecule has 0 saturated carbocycles. The zero-order valence-electron chi connectivity index (χ0n) is 16.6. The number of rotatable bonds is 6. The Hall–Kier alpha value is -2.21. The standard InChI is InChI=1S/C20H19BrN4O3S3/c1-28-15-7-6-12(11-14(15)24-31(2,26)27)25-19(16-8-9-17(21)30-16)18(23-20(25)29)13-5-3-4-10-22-13/h3-11,18-19,24H,1-2H3,(H,23,29). The van der Waals surface area contributed by atoms with E-state index in [1.54, 1.807) is 29.7 Å². The molecule has 4 rings (SSSR count). The molecule has 1 aromatic carbocycles. The highest BCUT2D eigenvalue weighted by molar-refractivity contribution is 9.11. The number of pyridine rings is 1. The maximum absolute atomic E-state index is 11.9. The fourth-order valence-corrected chi connectivity index (χ4v) is 5.99. The van der Waals surface area contributed by atoms with Crippen molar-refractivity contribution in [1.29, 1.82) is 0 Å². The summed E-state index contributed by atoms with van der Waals surface area (Å²) in [5, 5.41) is 3.92. The van der Waals surface area contributed by atoms with E-state index in [0.29, 0.717) is 16.5 Å². The van der Waals surface area contributed by atoms with Gasteiger partial charge in [-0.25, -0.2) is 8.42 Å². The van der Waals surface area contributed by atoms with Crippen LogP contribution < -0.4 is 19.7 Å². The third kappa shape index (κ3) is 4.69. The minimum absolute atomic E-state index is 0.168. The second-order valence-corrected chi connectivity index (χ2v) is 11.5. The third-order valence-corrected chi connectivity index (χ3v) is 7.34. The lowest BCUT2D eigenvalue weighted by Crippen LogP contribution is -2.29. The van der Waals surface area contributed by atoms with Crippen molar-refractivity contribution in [3.63, 3.8) is 0 Å². The van der Waals surface area contributed by atoms with Gasteiger partial charge in [0.2, 0.25) is 10.0 Å². The van der Waals surface area contributed by atoms with Crippen LogP contribution in [0, 0.1) is 0 Å². The molecule has 3 heterocycles. The average Bonchev–Trinajstić information content (AvgIpc) is 3.30. The highest BCUT2D eigenvalue weighted by atomic mass is 79.9. The number of ether oxygens (including phenoxy) is 1. The van der Waals surface area contributed by atoms with Crippen LogP contribution in [0.5, 0.6) is 5.75 Å². The maximum atomic E-state index is 11.9. The molecule has 2 aromatic heterocycles. The number of nitrogens with zero attached hydrogens (tertiary/aromatic N) is 2. The van der Waals surface area contributed by atoms with Gasteiger partial charge in [0.25, 0.3) is 0 Å². The lowest BCUT2D eigenvalue weighted by molar-refractivity contribution is 0.417. The summed E-state index contributed by atoms with van der Waals surface area (Å²) in [4.78, 5) is 7.60. The van der Waals surface area contributed by atoms with Crippen molar-refractivity contribution in [2.24, 2.45) is 0 Å². The molecule has 0 radical (unpaired) electrons. The quantitative estimate of drug-likeness (QED) is 0.448. The zero-order chi connectivity index (χ0) is 22.2. The summed E-state index contributed by atoms with van der Waals surface area (Å²) in [6.45, 7) is 0. The number of hydrogen-bond acceptors (Lipinski definition) is 6. The number of halogens is 1. The van der Waals surface area contributed by atoms with Crippen LogP contribution in [-0.4, -0.2) is 31.9 Å². The van der Waals surface area contributed by atoms with Crippen LogP contribution in [-0.2, 0) is 10.0 Å². The highest BCUT2D eigenvalue weighted by Crippen LogP contribution is 2.45. The van der Waals surface area contributed by atoms with Crippen molar-refractivity contribution in [3.8, 4) is 5.75 Å². The second-order valence-electron chi connectivity index (χ2n) is 6.90. The second kappa shape index (κ2) is 8.73. The summed E-state index contributed by atoms with van der Waals surface area (Å²) in [5.74, 6) is 0.420. The topological polar surface area (TPSA) is 83.6 Å². The Morgan fingerprint density at radius 1 is 1.26 bits per heavy atom. The van der Waals surface area contributed by atoms with Gasteiger partial charge in [0.1, 0.15) is 5.75 Å². The van der Waals surface area contributed by atoms with Crippen LogP contribution in [0.25, 0.3) is 0 Å². The van der Waals surface area contributed by atoms with E-state index in [1.807, 2.05) is 35.2 Å². The van der Waals surface area contributed by atoms with Crippen LogP contribution in [0.4, 0.5) is 11.4 Å². The lowest BCUT2D eigenvalue weighted by Gasteiger charge is -2.27. The molecule has 7 nitrogen and oxygen atoms in total. The number of aromatic nitrogens is 1. The number of anilines is 2. The van der Waals surface area contributed by atoms with Crippen molar-refractivity contribution < 1.29 is 13.2 Å². The van der Waals surface area contributed by atoms with Crippen LogP contribution in [0.1, 0.15) is 22.7 Å². The van der Waals surface area contributed by atoms with Crippen molar-refractivity contribution in [1.82, 2.24) is 10.3 Å². The molecule has 2 atom stereocenters. The van der Waals surface area contributed by atoms with Crippen LogP contribution in [0.15, 0.2) is 58.5 Å². The molecule has 0 spiro atoms. The Balaban J connectivity index is 1.82. The van der Waals surface area contributed by atoms with Crippen molar-refractivity contribution in [2.45, 2.75) is 12.1 Å². The Morgan fingerprint density at radius 2 is 2.06 bits per heavy atom. The maximum Gasteiger partial charge on any atom is 0.229 e. The third-order valence-electron chi connectivity index (χ3n) is 4.74. The van der Waals surface area contributed by atoms with E-state index in [4.69, 9.17) is 17.0 Å². The summed E-state index contributed by atoms with van der Waals surface area (Å²) in [6, 6.07) is 14.8. The van der Waals surface area contributed by atoms with Gasteiger partial charge in [-0.05, 0) is 70.6 Å². The molecule has 31 heavy (non-hydrogen) atoms. The van der Waals surface area contributed by atoms with Gasteiger partial charge in [-0.3, -0.25) is 9.71 Å². The van der Waals surface area contributed by atoms with Crippen LogP contribution in [0.3, 0.4) is 0 Å². The first-order valence-corrected chi connectivity index (χ1v) is 13.1. The number of benzene rings is 1. The fraction of sp³-hybridized carbons (Fsp3) is 0.200. The molecule has 0 amide bonds. The van der Waals surface area contributed by atoms with E-state index in [-0.39, 0.29) is 12.1 Å². The predicted molar refractivity (Wildman–Crippen MR) is 131 cm³/mol. The van der Waals surface area contributed by atoms with Gasteiger partial charge in [-0.2, -0.15) is 0 Å². The number of thiophene rings is 1. The molecule has 0 aliphatic carbocycles. The van der Waals surface area contributed by atoms with Gasteiger partial charge in [0.05, 0.1) is 40.6 Å². The molecule has 3 aromatic rings. The van der Waals surface area contributed by atoms with Crippen molar-refractivity contribution >= 4 is 66.0 Å². The molecule has 2 unspecified atom stereocenters. The Kier molecular flexibility index (Phi) is 6.20. The Morgan fingerprint density at radius 3 is 2.68 bits per heavy atom. The van der Waals surface area contributed by atoms with Crippen molar-refractivity contribution in [3.05, 3.63) is 69.1 Å². The van der Waals surface area contributed by atoms with Gasteiger partial charge >= 0.3 is 0 Å². The minimum Gasteiger partial charge on any atom is -0.495 e. The molecule has 1 saturated heterocycles. The smallest absolute Gasteiger partial charge is 0.229 e. The first-order valence-electron chi connectivity index (χ1n) is 9.18. The van der Waals surface area contributed by atoms with E-state index in [9.17, 15) is 8.42 Å². The molecule has 0 bridgehead atoms. The van der Waals surface area contributed by atoms with Gasteiger partial charge < -0.3 is 15.0 Å². The van der Waals surface area contributed by atoms with E-state index >= 15 is 0 Å². The Bertz CT molecular complexity index is 1220.